The standard InChI is InChI=1S/C27H21ClN4O2/c1-3-17-32(27(34)22-11-7-8-12-23(22)28)21-15-13-19(14-16-21)24-18-25(31(2)30-24)29-26(33)20-9-5-4-6-10-20/h1,4-16,18H,17H2,2H3,(H,29,33). The van der Waals surface area contributed by atoms with Crippen molar-refractivity contribution in [2.75, 3.05) is 16.8 Å². The van der Waals surface area contributed by atoms with Crippen LogP contribution in [0.3, 0.4) is 0 Å². The lowest BCUT2D eigenvalue weighted by Gasteiger charge is -2.21. The fourth-order valence-corrected chi connectivity index (χ4v) is 3.68. The Bertz CT molecular complexity index is 1370. The molecule has 34 heavy (non-hydrogen) atoms. The molecule has 0 bridgehead atoms. The molecule has 0 aliphatic heterocycles. The number of amides is 2. The molecule has 0 spiro atoms. The number of rotatable bonds is 6. The molecule has 1 N–H and O–H groups in total. The van der Waals surface area contributed by atoms with Crippen LogP contribution in [0.2, 0.25) is 5.02 Å². The van der Waals surface area contributed by atoms with Crippen LogP contribution in [0.5, 0.6) is 0 Å². The number of hydrogen-bond donors (Lipinski definition) is 1. The summed E-state index contributed by atoms with van der Waals surface area (Å²) in [4.78, 5) is 27.0. The molecule has 0 radical (unpaired) electrons. The van der Waals surface area contributed by atoms with Crippen molar-refractivity contribution in [2.24, 2.45) is 7.05 Å². The average Bonchev–Trinajstić information content (AvgIpc) is 3.23. The summed E-state index contributed by atoms with van der Waals surface area (Å²) >= 11 is 6.21. The maximum absolute atomic E-state index is 13.1. The Morgan fingerprint density at radius 3 is 2.38 bits per heavy atom. The van der Waals surface area contributed by atoms with Gasteiger partial charge in [-0.2, -0.15) is 5.10 Å². The summed E-state index contributed by atoms with van der Waals surface area (Å²) in [5.41, 5.74) is 3.09. The smallest absolute Gasteiger partial charge is 0.260 e. The molecule has 3 aromatic carbocycles. The largest absolute Gasteiger partial charge is 0.307 e. The van der Waals surface area contributed by atoms with E-state index in [0.29, 0.717) is 33.3 Å². The van der Waals surface area contributed by atoms with E-state index in [4.69, 9.17) is 18.0 Å². The van der Waals surface area contributed by atoms with Crippen molar-refractivity contribution < 1.29 is 9.59 Å². The predicted molar refractivity (Wildman–Crippen MR) is 135 cm³/mol. The Labute approximate surface area is 202 Å². The molecule has 2 amide bonds. The lowest BCUT2D eigenvalue weighted by molar-refractivity contribution is 0.0988. The summed E-state index contributed by atoms with van der Waals surface area (Å²) in [5.74, 6) is 2.60. The molecule has 6 nitrogen and oxygen atoms in total. The van der Waals surface area contributed by atoms with Gasteiger partial charge in [-0.25, -0.2) is 0 Å². The van der Waals surface area contributed by atoms with Crippen LogP contribution in [0.1, 0.15) is 20.7 Å². The number of aryl methyl sites for hydroxylation is 1. The molecule has 0 atom stereocenters. The van der Waals surface area contributed by atoms with E-state index in [1.54, 1.807) is 66.3 Å². The van der Waals surface area contributed by atoms with Crippen LogP contribution < -0.4 is 10.2 Å². The maximum atomic E-state index is 13.1. The average molecular weight is 469 g/mol. The second kappa shape index (κ2) is 10.1. The molecule has 0 fully saturated rings. The highest BCUT2D eigenvalue weighted by Crippen LogP contribution is 2.26. The van der Waals surface area contributed by atoms with Crippen LogP contribution in [0.15, 0.2) is 84.9 Å². The van der Waals surface area contributed by atoms with Gasteiger partial charge in [0, 0.05) is 29.9 Å². The first-order chi connectivity index (χ1) is 16.5. The van der Waals surface area contributed by atoms with E-state index >= 15 is 0 Å². The van der Waals surface area contributed by atoms with Gasteiger partial charge < -0.3 is 5.32 Å². The zero-order valence-electron chi connectivity index (χ0n) is 18.4. The molecule has 7 heteroatoms. The lowest BCUT2D eigenvalue weighted by atomic mass is 10.1. The molecule has 4 rings (SSSR count). The van der Waals surface area contributed by atoms with Crippen LogP contribution in [-0.2, 0) is 7.05 Å². The number of terminal acetylenes is 1. The van der Waals surface area contributed by atoms with Crippen molar-refractivity contribution in [2.45, 2.75) is 0 Å². The summed E-state index contributed by atoms with van der Waals surface area (Å²) in [6, 6.07) is 24.9. The van der Waals surface area contributed by atoms with Gasteiger partial charge in [-0.1, -0.05) is 60.0 Å². The third kappa shape index (κ3) is 4.85. The highest BCUT2D eigenvalue weighted by molar-refractivity contribution is 6.34. The first-order valence-electron chi connectivity index (χ1n) is 10.5. The third-order valence-corrected chi connectivity index (χ3v) is 5.56. The van der Waals surface area contributed by atoms with Gasteiger partial charge in [0.2, 0.25) is 0 Å². The van der Waals surface area contributed by atoms with Gasteiger partial charge in [-0.3, -0.25) is 19.2 Å². The Kier molecular flexibility index (Phi) is 6.77. The zero-order valence-corrected chi connectivity index (χ0v) is 19.2. The number of nitrogens with zero attached hydrogens (tertiary/aromatic N) is 3. The molecule has 1 aromatic heterocycles. The van der Waals surface area contributed by atoms with E-state index in [0.717, 1.165) is 5.56 Å². The number of hydrogen-bond acceptors (Lipinski definition) is 3. The van der Waals surface area contributed by atoms with Crippen LogP contribution in [0, 0.1) is 12.3 Å². The summed E-state index contributed by atoms with van der Waals surface area (Å²) < 4.78 is 1.61. The summed E-state index contributed by atoms with van der Waals surface area (Å²) in [6.45, 7) is 0.0999. The van der Waals surface area contributed by atoms with E-state index in [9.17, 15) is 9.59 Å². The minimum atomic E-state index is -0.278. The fraction of sp³-hybridized carbons (Fsp3) is 0.0741. The third-order valence-electron chi connectivity index (χ3n) is 5.23. The minimum Gasteiger partial charge on any atom is -0.307 e. The van der Waals surface area contributed by atoms with Gasteiger partial charge in [0.05, 0.1) is 22.8 Å². The number of carbonyl (C=O) groups is 2. The zero-order chi connectivity index (χ0) is 24.1. The summed E-state index contributed by atoms with van der Waals surface area (Å²) in [5, 5.41) is 7.75. The second-order valence-electron chi connectivity index (χ2n) is 7.48. The molecule has 0 unspecified atom stereocenters. The van der Waals surface area contributed by atoms with E-state index < -0.39 is 0 Å². The SMILES string of the molecule is C#CCN(C(=O)c1ccccc1Cl)c1ccc(-c2cc(NC(=O)c3ccccc3)n(C)n2)cc1. The molecule has 0 saturated carbocycles. The normalized spacial score (nSPS) is 10.4. The Hall–Kier alpha value is -4.34. The van der Waals surface area contributed by atoms with Crippen molar-refractivity contribution in [3.63, 3.8) is 0 Å². The Morgan fingerprint density at radius 1 is 1.03 bits per heavy atom. The van der Waals surface area contributed by atoms with Gasteiger partial charge in [-0.15, -0.1) is 6.42 Å². The Morgan fingerprint density at radius 2 is 1.71 bits per heavy atom. The molecule has 1 heterocycles. The Balaban J connectivity index is 1.55. The number of nitrogens with one attached hydrogen (secondary N) is 1. The second-order valence-corrected chi connectivity index (χ2v) is 7.89. The predicted octanol–water partition coefficient (Wildman–Crippen LogP) is 5.27. The minimum absolute atomic E-state index is 0.0999. The van der Waals surface area contributed by atoms with Crippen LogP contribution in [0.25, 0.3) is 11.3 Å². The number of halogens is 1. The van der Waals surface area contributed by atoms with Crippen LogP contribution in [0.4, 0.5) is 11.5 Å². The van der Waals surface area contributed by atoms with Gasteiger partial charge >= 0.3 is 0 Å². The lowest BCUT2D eigenvalue weighted by Crippen LogP contribution is -2.31. The number of benzene rings is 3. The van der Waals surface area contributed by atoms with Gasteiger partial charge in [0.15, 0.2) is 0 Å². The topological polar surface area (TPSA) is 67.2 Å². The molecular weight excluding hydrogens is 448 g/mol. The van der Waals surface area contributed by atoms with Crippen LogP contribution in [-0.4, -0.2) is 28.1 Å². The van der Waals surface area contributed by atoms with Crippen molar-refractivity contribution in [3.05, 3.63) is 101 Å². The molecule has 0 aliphatic rings. The summed E-state index contributed by atoms with van der Waals surface area (Å²) in [7, 11) is 1.76. The van der Waals surface area contributed by atoms with Crippen molar-refractivity contribution >= 4 is 34.9 Å². The van der Waals surface area contributed by atoms with Crippen LogP contribution >= 0.6 is 11.6 Å². The quantitative estimate of drug-likeness (QED) is 0.392. The van der Waals surface area contributed by atoms with E-state index in [2.05, 4.69) is 16.3 Å². The van der Waals surface area contributed by atoms with Gasteiger partial charge in [0.1, 0.15) is 5.82 Å². The number of anilines is 2. The maximum Gasteiger partial charge on any atom is 0.260 e. The molecule has 4 aromatic rings. The molecule has 168 valence electrons. The molecular formula is C27H21ClN4O2. The van der Waals surface area contributed by atoms with Gasteiger partial charge in [0.25, 0.3) is 11.8 Å². The van der Waals surface area contributed by atoms with Crippen molar-refractivity contribution in [1.82, 2.24) is 9.78 Å². The fourth-order valence-electron chi connectivity index (χ4n) is 3.47. The van der Waals surface area contributed by atoms with Crippen molar-refractivity contribution in [1.29, 1.82) is 0 Å². The van der Waals surface area contributed by atoms with E-state index in [-0.39, 0.29) is 18.4 Å². The van der Waals surface area contributed by atoms with Crippen molar-refractivity contribution in [3.8, 4) is 23.6 Å². The van der Waals surface area contributed by atoms with E-state index in [1.165, 1.54) is 4.90 Å². The van der Waals surface area contributed by atoms with Gasteiger partial charge in [-0.05, 0) is 36.4 Å². The number of carbonyl (C=O) groups excluding carboxylic acids is 2. The monoisotopic (exact) mass is 468 g/mol. The first-order valence-corrected chi connectivity index (χ1v) is 10.9. The van der Waals surface area contributed by atoms with E-state index in [1.807, 2.05) is 30.3 Å². The molecule has 0 aliphatic carbocycles. The number of aromatic nitrogens is 2. The first kappa shape index (κ1) is 22.8. The summed E-state index contributed by atoms with van der Waals surface area (Å²) in [6.07, 6.45) is 5.52. The highest BCUT2D eigenvalue weighted by Gasteiger charge is 2.19. The molecule has 0 saturated heterocycles. The highest BCUT2D eigenvalue weighted by atomic mass is 35.5.